The molecule has 0 atom stereocenters. The molecule has 0 aromatic carbocycles. The maximum Gasteiger partial charge on any atom is 0.264 e. The van der Waals surface area contributed by atoms with E-state index in [0.29, 0.717) is 9.49 Å². The quantitative estimate of drug-likeness (QED) is 0.835. The molecule has 1 aromatic rings. The largest absolute Gasteiger partial charge is 0.381 e. The van der Waals surface area contributed by atoms with Crippen LogP contribution in [-0.4, -0.2) is 23.2 Å². The van der Waals surface area contributed by atoms with Gasteiger partial charge in [-0.05, 0) is 41.4 Å². The average molecular weight is 348 g/mol. The Labute approximate surface area is 114 Å². The van der Waals surface area contributed by atoms with Gasteiger partial charge in [0.1, 0.15) is 5.82 Å². The molecule has 1 aliphatic rings. The molecular formula is C12H17IN2O2. The van der Waals surface area contributed by atoms with Crippen molar-refractivity contribution in [3.8, 4) is 0 Å². The maximum atomic E-state index is 11.9. The number of hydrogen-bond donors (Lipinski definition) is 1. The van der Waals surface area contributed by atoms with Crippen molar-refractivity contribution in [3.05, 3.63) is 25.4 Å². The molecule has 0 spiro atoms. The molecule has 1 N–H and O–H groups in total. The second-order valence-electron chi connectivity index (χ2n) is 4.69. The Morgan fingerprint density at radius 3 is 2.65 bits per heavy atom. The minimum absolute atomic E-state index is 0.00853. The van der Waals surface area contributed by atoms with Gasteiger partial charge in [-0.1, -0.05) is 13.8 Å². The second-order valence-corrected chi connectivity index (χ2v) is 5.77. The summed E-state index contributed by atoms with van der Waals surface area (Å²) in [5.74, 6) is 1.45. The Balaban J connectivity index is 2.37. The Hall–Kier alpha value is -0.430. The molecule has 2 rings (SSSR count). The van der Waals surface area contributed by atoms with Gasteiger partial charge in [0.15, 0.2) is 0 Å². The van der Waals surface area contributed by atoms with E-state index in [2.05, 4.69) is 46.4 Å². The van der Waals surface area contributed by atoms with Crippen LogP contribution in [0.3, 0.4) is 0 Å². The van der Waals surface area contributed by atoms with Crippen LogP contribution in [-0.2, 0) is 4.74 Å². The third-order valence-corrected chi connectivity index (χ3v) is 4.10. The first-order chi connectivity index (χ1) is 8.09. The lowest BCUT2D eigenvalue weighted by molar-refractivity contribution is 0.0834. The standard InChI is InChI=1S/C12H17IN2O2/c1-7(2)10-9(13)12(16)15-11(14-10)8-3-5-17-6-4-8/h7-8H,3-6H2,1-2H3,(H,14,15,16). The minimum Gasteiger partial charge on any atom is -0.381 e. The van der Waals surface area contributed by atoms with Crippen molar-refractivity contribution < 1.29 is 4.74 Å². The van der Waals surface area contributed by atoms with Crippen molar-refractivity contribution in [1.82, 2.24) is 9.97 Å². The normalized spacial score (nSPS) is 17.6. The molecule has 0 saturated carbocycles. The van der Waals surface area contributed by atoms with Crippen molar-refractivity contribution in [2.45, 2.75) is 38.5 Å². The number of hydrogen-bond acceptors (Lipinski definition) is 3. The van der Waals surface area contributed by atoms with Crippen LogP contribution in [0.4, 0.5) is 0 Å². The Morgan fingerprint density at radius 1 is 1.41 bits per heavy atom. The number of rotatable bonds is 2. The molecule has 5 heteroatoms. The van der Waals surface area contributed by atoms with E-state index in [4.69, 9.17) is 4.74 Å². The van der Waals surface area contributed by atoms with Crippen molar-refractivity contribution in [3.63, 3.8) is 0 Å². The zero-order valence-electron chi connectivity index (χ0n) is 10.1. The molecule has 0 radical (unpaired) electrons. The first-order valence-corrected chi connectivity index (χ1v) is 7.04. The molecule has 0 bridgehead atoms. The van der Waals surface area contributed by atoms with Gasteiger partial charge in [-0.15, -0.1) is 0 Å². The van der Waals surface area contributed by atoms with Crippen LogP contribution in [0.2, 0.25) is 0 Å². The Bertz CT molecular complexity index is 450. The number of H-pyrrole nitrogens is 1. The predicted octanol–water partition coefficient (Wildman–Crippen LogP) is 2.39. The number of nitrogens with one attached hydrogen (secondary N) is 1. The summed E-state index contributed by atoms with van der Waals surface area (Å²) in [6.45, 7) is 5.66. The third kappa shape index (κ3) is 2.88. The molecule has 1 fully saturated rings. The summed E-state index contributed by atoms with van der Waals surface area (Å²) in [5, 5.41) is 0. The molecule has 0 aliphatic carbocycles. The van der Waals surface area contributed by atoms with E-state index < -0.39 is 0 Å². The number of nitrogens with zero attached hydrogens (tertiary/aromatic N) is 1. The fourth-order valence-corrected chi connectivity index (χ4v) is 2.92. The Kier molecular flexibility index (Phi) is 4.19. The molecular weight excluding hydrogens is 331 g/mol. The lowest BCUT2D eigenvalue weighted by Gasteiger charge is -2.22. The number of aromatic amines is 1. The van der Waals surface area contributed by atoms with Gasteiger partial charge in [0.05, 0.1) is 9.26 Å². The molecule has 0 unspecified atom stereocenters. The summed E-state index contributed by atoms with van der Waals surface area (Å²) in [7, 11) is 0. The van der Waals surface area contributed by atoms with Crippen LogP contribution in [0.5, 0.6) is 0 Å². The first-order valence-electron chi connectivity index (χ1n) is 5.97. The van der Waals surface area contributed by atoms with Crippen molar-refractivity contribution in [2.24, 2.45) is 0 Å². The van der Waals surface area contributed by atoms with E-state index in [0.717, 1.165) is 37.6 Å². The van der Waals surface area contributed by atoms with Gasteiger partial charge in [0.25, 0.3) is 5.56 Å². The number of aromatic nitrogens is 2. The fourth-order valence-electron chi connectivity index (χ4n) is 2.04. The van der Waals surface area contributed by atoms with Gasteiger partial charge in [-0.2, -0.15) is 0 Å². The van der Waals surface area contributed by atoms with Crippen molar-refractivity contribution in [1.29, 1.82) is 0 Å². The summed E-state index contributed by atoms with van der Waals surface area (Å²) >= 11 is 2.08. The highest BCUT2D eigenvalue weighted by Gasteiger charge is 2.21. The summed E-state index contributed by atoms with van der Waals surface area (Å²) in [5.41, 5.74) is 0.904. The van der Waals surface area contributed by atoms with Crippen LogP contribution in [0.1, 0.15) is 50.0 Å². The highest BCUT2D eigenvalue weighted by molar-refractivity contribution is 14.1. The second kappa shape index (κ2) is 5.48. The zero-order chi connectivity index (χ0) is 12.4. The molecule has 94 valence electrons. The van der Waals surface area contributed by atoms with Gasteiger partial charge in [0, 0.05) is 19.1 Å². The molecule has 1 aliphatic heterocycles. The lowest BCUT2D eigenvalue weighted by Crippen LogP contribution is -2.23. The van der Waals surface area contributed by atoms with Crippen molar-refractivity contribution in [2.75, 3.05) is 13.2 Å². The van der Waals surface area contributed by atoms with E-state index in [1.807, 2.05) is 0 Å². The summed E-state index contributed by atoms with van der Waals surface area (Å²) in [4.78, 5) is 19.4. The van der Waals surface area contributed by atoms with Crippen molar-refractivity contribution >= 4 is 22.6 Å². The van der Waals surface area contributed by atoms with E-state index >= 15 is 0 Å². The fraction of sp³-hybridized carbons (Fsp3) is 0.667. The summed E-state index contributed by atoms with van der Waals surface area (Å²) < 4.78 is 6.05. The van der Waals surface area contributed by atoms with Gasteiger partial charge in [-0.25, -0.2) is 4.98 Å². The zero-order valence-corrected chi connectivity index (χ0v) is 12.3. The number of halogens is 1. The molecule has 1 saturated heterocycles. The minimum atomic E-state index is -0.00853. The average Bonchev–Trinajstić information content (AvgIpc) is 2.33. The summed E-state index contributed by atoms with van der Waals surface area (Å²) in [6.07, 6.45) is 1.89. The van der Waals surface area contributed by atoms with E-state index in [9.17, 15) is 4.79 Å². The molecule has 2 heterocycles. The van der Waals surface area contributed by atoms with Crippen LogP contribution < -0.4 is 5.56 Å². The van der Waals surface area contributed by atoms with Crippen LogP contribution in [0, 0.1) is 3.57 Å². The van der Waals surface area contributed by atoms with Gasteiger partial charge in [-0.3, -0.25) is 4.79 Å². The van der Waals surface area contributed by atoms with E-state index in [1.165, 1.54) is 0 Å². The smallest absolute Gasteiger partial charge is 0.264 e. The van der Waals surface area contributed by atoms with Crippen LogP contribution in [0.25, 0.3) is 0 Å². The van der Waals surface area contributed by atoms with Crippen LogP contribution in [0.15, 0.2) is 4.79 Å². The molecule has 1 aromatic heterocycles. The molecule has 17 heavy (non-hydrogen) atoms. The monoisotopic (exact) mass is 348 g/mol. The van der Waals surface area contributed by atoms with Gasteiger partial charge >= 0.3 is 0 Å². The van der Waals surface area contributed by atoms with E-state index in [-0.39, 0.29) is 11.5 Å². The maximum absolute atomic E-state index is 11.9. The first kappa shape index (κ1) is 13.0. The van der Waals surface area contributed by atoms with E-state index in [1.54, 1.807) is 0 Å². The topological polar surface area (TPSA) is 55.0 Å². The molecule has 0 amide bonds. The molecule has 4 nitrogen and oxygen atoms in total. The van der Waals surface area contributed by atoms with Crippen LogP contribution >= 0.6 is 22.6 Å². The highest BCUT2D eigenvalue weighted by Crippen LogP contribution is 2.25. The third-order valence-electron chi connectivity index (χ3n) is 3.06. The number of ether oxygens (including phenoxy) is 1. The van der Waals surface area contributed by atoms with Gasteiger partial charge < -0.3 is 9.72 Å². The SMILES string of the molecule is CC(C)c1nc(C2CCOCC2)[nH]c(=O)c1I. The Morgan fingerprint density at radius 2 is 2.06 bits per heavy atom. The highest BCUT2D eigenvalue weighted by atomic mass is 127. The predicted molar refractivity (Wildman–Crippen MR) is 74.5 cm³/mol. The summed E-state index contributed by atoms with van der Waals surface area (Å²) in [6, 6.07) is 0. The lowest BCUT2D eigenvalue weighted by atomic mass is 9.99. The van der Waals surface area contributed by atoms with Gasteiger partial charge in [0.2, 0.25) is 0 Å².